The fourth-order valence-electron chi connectivity index (χ4n) is 2.86. The van der Waals surface area contributed by atoms with Crippen molar-refractivity contribution in [2.24, 2.45) is 0 Å². The lowest BCUT2D eigenvalue weighted by molar-refractivity contribution is 0.122. The van der Waals surface area contributed by atoms with Gasteiger partial charge in [-0.05, 0) is 44.0 Å². The Balaban J connectivity index is 2.20. The Kier molecular flexibility index (Phi) is 5.91. The minimum Gasteiger partial charge on any atom is -0.495 e. The van der Waals surface area contributed by atoms with Gasteiger partial charge in [0.05, 0.1) is 29.2 Å². The van der Waals surface area contributed by atoms with E-state index >= 15 is 0 Å². The first-order valence-corrected chi connectivity index (χ1v) is 9.27. The van der Waals surface area contributed by atoms with Crippen molar-refractivity contribution < 1.29 is 17.9 Å². The lowest BCUT2D eigenvalue weighted by Gasteiger charge is -2.29. The van der Waals surface area contributed by atoms with E-state index in [0.717, 1.165) is 19.4 Å². The Labute approximate surface area is 142 Å². The number of hydrogen-bond donors (Lipinski definition) is 2. The predicted octanol–water partition coefficient (Wildman–Crippen LogP) is 1.70. The van der Waals surface area contributed by atoms with Crippen LogP contribution in [0.5, 0.6) is 5.75 Å². The minimum absolute atomic E-state index is 0.161. The highest BCUT2D eigenvalue weighted by molar-refractivity contribution is 7.89. The summed E-state index contributed by atoms with van der Waals surface area (Å²) < 4.78 is 38.3. The fraction of sp³-hybridized carbons (Fsp3) is 0.600. The molecular formula is C15H23ClN2O4S. The molecule has 1 fully saturated rings. The molecule has 0 saturated carbocycles. The summed E-state index contributed by atoms with van der Waals surface area (Å²) in [6.45, 7) is 3.30. The van der Waals surface area contributed by atoms with Crippen LogP contribution in [0.15, 0.2) is 17.0 Å². The molecule has 0 bridgehead atoms. The topological polar surface area (TPSA) is 76.7 Å². The molecule has 2 N–H and O–H groups in total. The zero-order valence-corrected chi connectivity index (χ0v) is 15.2. The molecule has 0 aliphatic carbocycles. The van der Waals surface area contributed by atoms with E-state index in [-0.39, 0.29) is 22.0 Å². The lowest BCUT2D eigenvalue weighted by atomic mass is 9.99. The zero-order valence-electron chi connectivity index (χ0n) is 13.6. The van der Waals surface area contributed by atoms with Crippen LogP contribution in [-0.2, 0) is 14.8 Å². The molecule has 1 heterocycles. The van der Waals surface area contributed by atoms with Gasteiger partial charge < -0.3 is 14.8 Å². The molecule has 8 heteroatoms. The molecule has 1 atom stereocenters. The first-order chi connectivity index (χ1) is 10.8. The van der Waals surface area contributed by atoms with Crippen molar-refractivity contribution in [3.63, 3.8) is 0 Å². The summed E-state index contributed by atoms with van der Waals surface area (Å²) in [4.78, 5) is 0.161. The number of halogens is 1. The van der Waals surface area contributed by atoms with Crippen LogP contribution in [0.2, 0.25) is 5.02 Å². The smallest absolute Gasteiger partial charge is 0.240 e. The average Bonchev–Trinajstić information content (AvgIpc) is 2.96. The Morgan fingerprint density at radius 3 is 2.70 bits per heavy atom. The number of sulfonamides is 1. The second-order valence-electron chi connectivity index (χ2n) is 5.82. The molecule has 1 aliphatic heterocycles. The van der Waals surface area contributed by atoms with Gasteiger partial charge in [0.15, 0.2) is 0 Å². The van der Waals surface area contributed by atoms with Gasteiger partial charge in [-0.1, -0.05) is 11.6 Å². The molecule has 0 aromatic heterocycles. The van der Waals surface area contributed by atoms with Crippen LogP contribution in [0.4, 0.5) is 0 Å². The molecule has 23 heavy (non-hydrogen) atoms. The Bertz CT molecular complexity index is 658. The number of rotatable bonds is 7. The van der Waals surface area contributed by atoms with Crippen molar-refractivity contribution in [3.05, 3.63) is 22.7 Å². The highest BCUT2D eigenvalue weighted by atomic mass is 35.5. The van der Waals surface area contributed by atoms with Crippen LogP contribution in [0.25, 0.3) is 0 Å². The largest absolute Gasteiger partial charge is 0.495 e. The quantitative estimate of drug-likeness (QED) is 0.772. The van der Waals surface area contributed by atoms with E-state index in [4.69, 9.17) is 21.1 Å². The van der Waals surface area contributed by atoms with Crippen molar-refractivity contribution in [1.29, 1.82) is 0 Å². The maximum absolute atomic E-state index is 12.6. The van der Waals surface area contributed by atoms with Gasteiger partial charge in [-0.25, -0.2) is 13.1 Å². The highest BCUT2D eigenvalue weighted by Crippen LogP contribution is 2.30. The van der Waals surface area contributed by atoms with Gasteiger partial charge in [0.25, 0.3) is 0 Å². The van der Waals surface area contributed by atoms with Crippen LogP contribution < -0.4 is 14.8 Å². The summed E-state index contributed by atoms with van der Waals surface area (Å²) >= 11 is 6.06. The van der Waals surface area contributed by atoms with Gasteiger partial charge >= 0.3 is 0 Å². The summed E-state index contributed by atoms with van der Waals surface area (Å²) in [6.07, 6.45) is 1.87. The summed E-state index contributed by atoms with van der Waals surface area (Å²) in [5.74, 6) is 0.455. The van der Waals surface area contributed by atoms with Gasteiger partial charge in [-0.15, -0.1) is 0 Å². The third-order valence-electron chi connectivity index (χ3n) is 4.09. The zero-order chi connectivity index (χ0) is 17.1. The SMILES string of the molecule is COCC1(CNS(=O)(=O)c2cc(Cl)c(OC)cc2C)CCCN1. The third kappa shape index (κ3) is 4.16. The maximum Gasteiger partial charge on any atom is 0.240 e. The second kappa shape index (κ2) is 7.36. The van der Waals surface area contributed by atoms with Crippen molar-refractivity contribution in [2.75, 3.05) is 33.9 Å². The monoisotopic (exact) mass is 362 g/mol. The third-order valence-corrected chi connectivity index (χ3v) is 5.93. The summed E-state index contributed by atoms with van der Waals surface area (Å²) in [6, 6.07) is 3.04. The molecule has 1 unspecified atom stereocenters. The van der Waals surface area contributed by atoms with Gasteiger partial charge in [-0.2, -0.15) is 0 Å². The highest BCUT2D eigenvalue weighted by Gasteiger charge is 2.35. The standard InChI is InChI=1S/C15H23ClN2O4S/c1-11-7-13(22-3)12(16)8-14(11)23(19,20)18-9-15(10-21-2)5-4-6-17-15/h7-8,17-18H,4-6,9-10H2,1-3H3. The van der Waals surface area contributed by atoms with Crippen LogP contribution in [0.1, 0.15) is 18.4 Å². The molecule has 1 saturated heterocycles. The van der Waals surface area contributed by atoms with E-state index in [1.807, 2.05) is 0 Å². The first kappa shape index (κ1) is 18.5. The van der Waals surface area contributed by atoms with Crippen LogP contribution in [-0.4, -0.2) is 47.9 Å². The van der Waals surface area contributed by atoms with Gasteiger partial charge in [0.2, 0.25) is 10.0 Å². The van der Waals surface area contributed by atoms with E-state index in [9.17, 15) is 8.42 Å². The molecule has 1 aromatic rings. The average molecular weight is 363 g/mol. The molecule has 6 nitrogen and oxygen atoms in total. The number of hydrogen-bond acceptors (Lipinski definition) is 5. The first-order valence-electron chi connectivity index (χ1n) is 7.41. The molecule has 130 valence electrons. The van der Waals surface area contributed by atoms with Crippen molar-refractivity contribution in [2.45, 2.75) is 30.2 Å². The molecule has 2 rings (SSSR count). The Hall–Kier alpha value is -0.860. The van der Waals surface area contributed by atoms with E-state index in [0.29, 0.717) is 17.9 Å². The van der Waals surface area contributed by atoms with Gasteiger partial charge in [-0.3, -0.25) is 0 Å². The Morgan fingerprint density at radius 2 is 2.13 bits per heavy atom. The van der Waals surface area contributed by atoms with Gasteiger partial charge in [0, 0.05) is 13.7 Å². The number of benzene rings is 1. The van der Waals surface area contributed by atoms with E-state index in [1.54, 1.807) is 20.1 Å². The predicted molar refractivity (Wildman–Crippen MR) is 89.8 cm³/mol. The van der Waals surface area contributed by atoms with Crippen molar-refractivity contribution >= 4 is 21.6 Å². The molecule has 1 aromatic carbocycles. The molecular weight excluding hydrogens is 340 g/mol. The van der Waals surface area contributed by atoms with E-state index in [2.05, 4.69) is 10.0 Å². The molecule has 0 radical (unpaired) electrons. The van der Waals surface area contributed by atoms with Crippen LogP contribution in [0.3, 0.4) is 0 Å². The molecule has 1 aliphatic rings. The summed E-state index contributed by atoms with van der Waals surface area (Å²) in [7, 11) is -0.560. The summed E-state index contributed by atoms with van der Waals surface area (Å²) in [5, 5.41) is 3.61. The van der Waals surface area contributed by atoms with Gasteiger partial charge in [0.1, 0.15) is 5.75 Å². The lowest BCUT2D eigenvalue weighted by Crippen LogP contribution is -2.52. The second-order valence-corrected chi connectivity index (χ2v) is 7.96. The number of nitrogens with one attached hydrogen (secondary N) is 2. The van der Waals surface area contributed by atoms with E-state index in [1.165, 1.54) is 13.2 Å². The number of ether oxygens (including phenoxy) is 2. The van der Waals surface area contributed by atoms with E-state index < -0.39 is 10.0 Å². The van der Waals surface area contributed by atoms with Crippen molar-refractivity contribution in [1.82, 2.24) is 10.0 Å². The maximum atomic E-state index is 12.6. The molecule has 0 amide bonds. The van der Waals surface area contributed by atoms with Crippen LogP contribution >= 0.6 is 11.6 Å². The molecule has 0 spiro atoms. The number of aryl methyl sites for hydroxylation is 1. The summed E-state index contributed by atoms with van der Waals surface area (Å²) in [5.41, 5.74) is 0.227. The Morgan fingerprint density at radius 1 is 1.39 bits per heavy atom. The fourth-order valence-corrected chi connectivity index (χ4v) is 4.55. The van der Waals surface area contributed by atoms with Crippen LogP contribution in [0, 0.1) is 6.92 Å². The normalized spacial score (nSPS) is 21.6. The minimum atomic E-state index is -3.67. The number of methoxy groups -OCH3 is 2. The van der Waals surface area contributed by atoms with Crippen molar-refractivity contribution in [3.8, 4) is 5.75 Å².